The van der Waals surface area contributed by atoms with Crippen molar-refractivity contribution in [1.82, 2.24) is 14.2 Å². The maximum atomic E-state index is 12.8. The maximum Gasteiger partial charge on any atom is 0.349 e. The summed E-state index contributed by atoms with van der Waals surface area (Å²) in [5.74, 6) is -0.331. The second-order valence-corrected chi connectivity index (χ2v) is 8.79. The van der Waals surface area contributed by atoms with Crippen molar-refractivity contribution in [2.75, 3.05) is 0 Å². The molecule has 0 aliphatic heterocycles. The molecule has 0 spiro atoms. The lowest BCUT2D eigenvalue weighted by atomic mass is 10.1. The lowest BCUT2D eigenvalue weighted by molar-refractivity contribution is 0.0696. The molecule has 0 unspecified atom stereocenters. The molecule has 5 aromatic rings. The summed E-state index contributed by atoms with van der Waals surface area (Å²) >= 11 is 0. The first-order valence-corrected chi connectivity index (χ1v) is 11.8. The summed E-state index contributed by atoms with van der Waals surface area (Å²) in [6.45, 7) is 4.14. The number of carbonyl (C=O) groups is 1. The van der Waals surface area contributed by atoms with Crippen LogP contribution in [0, 0.1) is 13.8 Å². The predicted octanol–water partition coefficient (Wildman–Crippen LogP) is 4.26. The van der Waals surface area contributed by atoms with Gasteiger partial charge < -0.3 is 19.4 Å². The fourth-order valence-corrected chi connectivity index (χ4v) is 4.35. The van der Waals surface area contributed by atoms with Crippen LogP contribution in [0.15, 0.2) is 93.6 Å². The van der Waals surface area contributed by atoms with Crippen LogP contribution in [0.25, 0.3) is 16.6 Å². The summed E-state index contributed by atoms with van der Waals surface area (Å²) in [5.41, 5.74) is 3.85. The number of carboxylic acid groups (broad SMARTS) is 1. The Labute approximate surface area is 216 Å². The van der Waals surface area contributed by atoms with Crippen LogP contribution in [0.3, 0.4) is 0 Å². The molecule has 0 amide bonds. The Balaban J connectivity index is 1.36. The minimum absolute atomic E-state index is 0.217. The van der Waals surface area contributed by atoms with Crippen molar-refractivity contribution in [2.45, 2.75) is 20.5 Å². The normalized spacial score (nSPS) is 11.3. The van der Waals surface area contributed by atoms with Gasteiger partial charge in [0.2, 0.25) is 0 Å². The molecule has 0 aliphatic rings. The summed E-state index contributed by atoms with van der Waals surface area (Å²) < 4.78 is 8.70. The molecule has 0 saturated heterocycles. The Morgan fingerprint density at radius 1 is 1.00 bits per heavy atom. The lowest BCUT2D eigenvalue weighted by Crippen LogP contribution is -2.32. The number of rotatable bonds is 7. The van der Waals surface area contributed by atoms with E-state index in [9.17, 15) is 14.4 Å². The van der Waals surface area contributed by atoms with Gasteiger partial charge in [-0.05, 0) is 74.0 Å². The summed E-state index contributed by atoms with van der Waals surface area (Å²) in [5, 5.41) is 13.7. The average Bonchev–Trinajstić information content (AvgIpc) is 3.20. The number of nitrogens with one attached hydrogen (secondary N) is 1. The molecule has 3 aromatic carbocycles. The maximum absolute atomic E-state index is 12.8. The third-order valence-electron chi connectivity index (χ3n) is 6.24. The molecule has 0 bridgehead atoms. The first kappa shape index (κ1) is 24.5. The number of fused-ring (bicyclic) bond motifs is 1. The van der Waals surface area contributed by atoms with Crippen LogP contribution in [-0.4, -0.2) is 31.5 Å². The van der Waals surface area contributed by atoms with Gasteiger partial charge in [-0.15, -0.1) is 4.68 Å². The number of aryl methyl sites for hydroxylation is 1. The highest BCUT2D eigenvalue weighted by molar-refractivity contribution is 5.87. The van der Waals surface area contributed by atoms with E-state index in [0.717, 1.165) is 32.9 Å². The lowest BCUT2D eigenvalue weighted by Gasteiger charge is -2.12. The third kappa shape index (κ3) is 4.77. The number of para-hydroxylation sites is 1. The molecule has 2 N–H and O–H groups in total. The summed E-state index contributed by atoms with van der Waals surface area (Å²) in [6, 6.07) is 22.9. The molecule has 9 nitrogen and oxygen atoms in total. The molecule has 5 rings (SSSR count). The molecule has 2 aromatic heterocycles. The van der Waals surface area contributed by atoms with E-state index < -0.39 is 17.2 Å². The number of aromatic nitrogens is 3. The van der Waals surface area contributed by atoms with Crippen molar-refractivity contribution in [3.05, 3.63) is 128 Å². The van der Waals surface area contributed by atoms with Gasteiger partial charge >= 0.3 is 11.7 Å². The molecule has 0 atom stereocenters. The molecule has 0 radical (unpaired) electrons. The van der Waals surface area contributed by atoms with Gasteiger partial charge in [0.1, 0.15) is 12.4 Å². The molecule has 38 heavy (non-hydrogen) atoms. The molecular weight excluding hydrogens is 484 g/mol. The first-order valence-electron chi connectivity index (χ1n) is 11.8. The van der Waals surface area contributed by atoms with E-state index in [2.05, 4.69) is 10.1 Å². The predicted molar refractivity (Wildman–Crippen MR) is 145 cm³/mol. The Kier molecular flexibility index (Phi) is 6.49. The highest BCUT2D eigenvalue weighted by atomic mass is 16.5. The van der Waals surface area contributed by atoms with Crippen molar-refractivity contribution in [3.8, 4) is 11.4 Å². The Morgan fingerprint density at radius 3 is 2.53 bits per heavy atom. The van der Waals surface area contributed by atoms with Gasteiger partial charge in [0.25, 0.3) is 5.56 Å². The van der Waals surface area contributed by atoms with Gasteiger partial charge in [0, 0.05) is 22.6 Å². The van der Waals surface area contributed by atoms with E-state index >= 15 is 0 Å². The Hall–Kier alpha value is -5.18. The van der Waals surface area contributed by atoms with Crippen LogP contribution < -0.4 is 16.0 Å². The fourth-order valence-electron chi connectivity index (χ4n) is 4.35. The minimum Gasteiger partial charge on any atom is -0.489 e. The van der Waals surface area contributed by atoms with Crippen molar-refractivity contribution in [3.63, 3.8) is 0 Å². The number of carboxylic acids is 1. The first-order chi connectivity index (χ1) is 18.3. The number of benzene rings is 3. The summed E-state index contributed by atoms with van der Waals surface area (Å²) in [4.78, 5) is 39.0. The van der Waals surface area contributed by atoms with E-state index in [4.69, 9.17) is 9.84 Å². The van der Waals surface area contributed by atoms with Gasteiger partial charge in [-0.25, -0.2) is 9.59 Å². The summed E-state index contributed by atoms with van der Waals surface area (Å²) in [7, 11) is 0. The van der Waals surface area contributed by atoms with Gasteiger partial charge in [-0.1, -0.05) is 24.3 Å². The van der Waals surface area contributed by atoms with Crippen LogP contribution in [0.1, 0.15) is 32.9 Å². The van der Waals surface area contributed by atoms with Gasteiger partial charge in [0.05, 0.1) is 22.7 Å². The van der Waals surface area contributed by atoms with Crippen LogP contribution in [0.2, 0.25) is 0 Å². The Morgan fingerprint density at radius 2 is 1.76 bits per heavy atom. The van der Waals surface area contributed by atoms with Crippen molar-refractivity contribution in [1.29, 1.82) is 0 Å². The van der Waals surface area contributed by atoms with E-state index in [-0.39, 0.29) is 12.2 Å². The topological polar surface area (TPSA) is 119 Å². The van der Waals surface area contributed by atoms with Crippen molar-refractivity contribution < 1.29 is 14.6 Å². The number of aromatic amines is 1. The smallest absolute Gasteiger partial charge is 0.349 e. The Bertz CT molecular complexity index is 1810. The van der Waals surface area contributed by atoms with E-state index in [1.54, 1.807) is 42.5 Å². The highest BCUT2D eigenvalue weighted by Gasteiger charge is 2.11. The van der Waals surface area contributed by atoms with Gasteiger partial charge in [0.15, 0.2) is 0 Å². The quantitative estimate of drug-likeness (QED) is 0.319. The molecular formula is C29H24N4O5. The number of ether oxygens (including phenoxy) is 1. The number of hydrogen-bond acceptors (Lipinski definition) is 5. The largest absolute Gasteiger partial charge is 0.489 e. The van der Waals surface area contributed by atoms with E-state index in [0.29, 0.717) is 16.7 Å². The standard InChI is InChI=1S/C29H24N4O5/c1-18-14-22(16-30-33-27(34)25-8-3-4-9-26(25)31-29(33)37)19(2)32(18)23-10-12-24(13-11-23)38-17-20-6-5-7-21(15-20)28(35)36/h3-16H,17H2,1-2H3,(H,31,37)(H,35,36). The number of nitrogens with zero attached hydrogens (tertiary/aromatic N) is 3. The molecule has 190 valence electrons. The molecule has 9 heteroatoms. The van der Waals surface area contributed by atoms with Crippen LogP contribution in [0.5, 0.6) is 5.75 Å². The number of hydrogen-bond donors (Lipinski definition) is 2. The highest BCUT2D eigenvalue weighted by Crippen LogP contribution is 2.23. The van der Waals surface area contributed by atoms with E-state index in [1.165, 1.54) is 6.21 Å². The summed E-state index contributed by atoms with van der Waals surface area (Å²) in [6.07, 6.45) is 1.51. The van der Waals surface area contributed by atoms with Gasteiger partial charge in [-0.3, -0.25) is 4.79 Å². The van der Waals surface area contributed by atoms with E-state index in [1.807, 2.05) is 54.8 Å². The monoisotopic (exact) mass is 508 g/mol. The second kappa shape index (κ2) is 10.1. The molecule has 2 heterocycles. The average molecular weight is 509 g/mol. The van der Waals surface area contributed by atoms with Crippen molar-refractivity contribution in [2.24, 2.45) is 5.10 Å². The van der Waals surface area contributed by atoms with Crippen LogP contribution in [0.4, 0.5) is 0 Å². The third-order valence-corrected chi connectivity index (χ3v) is 6.24. The molecule has 0 aliphatic carbocycles. The molecule has 0 saturated carbocycles. The molecule has 0 fully saturated rings. The fraction of sp³-hybridized carbons (Fsp3) is 0.103. The van der Waals surface area contributed by atoms with Crippen LogP contribution >= 0.6 is 0 Å². The van der Waals surface area contributed by atoms with Gasteiger partial charge in [-0.2, -0.15) is 5.10 Å². The zero-order valence-corrected chi connectivity index (χ0v) is 20.7. The number of H-pyrrole nitrogens is 1. The van der Waals surface area contributed by atoms with Crippen LogP contribution in [-0.2, 0) is 6.61 Å². The second-order valence-electron chi connectivity index (χ2n) is 8.79. The minimum atomic E-state index is -0.978. The zero-order chi connectivity index (χ0) is 26.8. The zero-order valence-electron chi connectivity index (χ0n) is 20.7. The number of aromatic carboxylic acids is 1. The SMILES string of the molecule is Cc1cc(C=Nn2c(=O)[nH]c3ccccc3c2=O)c(C)n1-c1ccc(OCc2cccc(C(=O)O)c2)cc1. The van der Waals surface area contributed by atoms with Crippen molar-refractivity contribution >= 4 is 23.1 Å².